The van der Waals surface area contributed by atoms with Gasteiger partial charge in [-0.25, -0.2) is 4.79 Å². The molecule has 0 unspecified atom stereocenters. The molecule has 0 bridgehead atoms. The number of amides is 1. The fourth-order valence-electron chi connectivity index (χ4n) is 4.22. The molecule has 0 fully saturated rings. The lowest BCUT2D eigenvalue weighted by molar-refractivity contribution is 0.107. The number of rotatable bonds is 8. The molecule has 0 radical (unpaired) electrons. The SMILES string of the molecule is CCOC(=O)N(CCCC1c2ccccc2Oc2ccccc21)CCc1ccccc1. The van der Waals surface area contributed by atoms with Gasteiger partial charge in [-0.3, -0.25) is 0 Å². The molecule has 3 aromatic carbocycles. The highest BCUT2D eigenvalue weighted by molar-refractivity contribution is 5.67. The molecular weight excluding hydrogens is 386 g/mol. The van der Waals surface area contributed by atoms with Crippen LogP contribution in [0.5, 0.6) is 11.5 Å². The molecule has 0 aliphatic carbocycles. The average Bonchev–Trinajstić information content (AvgIpc) is 2.81. The maximum absolute atomic E-state index is 12.5. The Labute approximate surface area is 184 Å². The molecule has 0 atom stereocenters. The van der Waals surface area contributed by atoms with Gasteiger partial charge in [-0.2, -0.15) is 0 Å². The van der Waals surface area contributed by atoms with Crippen LogP contribution in [0.2, 0.25) is 0 Å². The Bertz CT molecular complexity index is 957. The molecule has 31 heavy (non-hydrogen) atoms. The summed E-state index contributed by atoms with van der Waals surface area (Å²) in [4.78, 5) is 14.4. The summed E-state index contributed by atoms with van der Waals surface area (Å²) in [6, 6.07) is 26.8. The Morgan fingerprint density at radius 3 is 2.13 bits per heavy atom. The average molecular weight is 416 g/mol. The molecule has 1 heterocycles. The Morgan fingerprint density at radius 2 is 1.48 bits per heavy atom. The van der Waals surface area contributed by atoms with Crippen molar-refractivity contribution in [3.8, 4) is 11.5 Å². The van der Waals surface area contributed by atoms with Crippen LogP contribution in [-0.4, -0.2) is 30.7 Å². The van der Waals surface area contributed by atoms with Crippen molar-refractivity contribution in [1.29, 1.82) is 0 Å². The van der Waals surface area contributed by atoms with Crippen molar-refractivity contribution < 1.29 is 14.3 Å². The molecule has 0 saturated carbocycles. The van der Waals surface area contributed by atoms with Crippen molar-refractivity contribution >= 4 is 6.09 Å². The zero-order valence-electron chi connectivity index (χ0n) is 18.0. The van der Waals surface area contributed by atoms with E-state index in [-0.39, 0.29) is 12.0 Å². The zero-order chi connectivity index (χ0) is 21.5. The van der Waals surface area contributed by atoms with Crippen LogP contribution in [0.15, 0.2) is 78.9 Å². The first kappa shape index (κ1) is 21.0. The second-order valence-corrected chi connectivity index (χ2v) is 7.79. The molecule has 3 aromatic rings. The number of benzene rings is 3. The van der Waals surface area contributed by atoms with Gasteiger partial charge in [0, 0.05) is 30.1 Å². The number of carbonyl (C=O) groups is 1. The minimum atomic E-state index is -0.230. The summed E-state index contributed by atoms with van der Waals surface area (Å²) in [5.41, 5.74) is 3.66. The van der Waals surface area contributed by atoms with E-state index in [9.17, 15) is 4.79 Å². The third-order valence-electron chi connectivity index (χ3n) is 5.77. The largest absolute Gasteiger partial charge is 0.457 e. The van der Waals surface area contributed by atoms with Gasteiger partial charge in [-0.1, -0.05) is 66.7 Å². The van der Waals surface area contributed by atoms with E-state index in [1.165, 1.54) is 16.7 Å². The van der Waals surface area contributed by atoms with Crippen LogP contribution >= 0.6 is 0 Å². The first-order valence-corrected chi connectivity index (χ1v) is 11.1. The zero-order valence-corrected chi connectivity index (χ0v) is 18.0. The summed E-state index contributed by atoms with van der Waals surface area (Å²) in [5.74, 6) is 2.12. The summed E-state index contributed by atoms with van der Waals surface area (Å²) in [7, 11) is 0. The van der Waals surface area contributed by atoms with Crippen LogP contribution in [0.1, 0.15) is 42.4 Å². The van der Waals surface area contributed by atoms with Crippen LogP contribution in [0, 0.1) is 0 Å². The number of fused-ring (bicyclic) bond motifs is 2. The van der Waals surface area contributed by atoms with Crippen molar-refractivity contribution in [2.75, 3.05) is 19.7 Å². The number of hydrogen-bond acceptors (Lipinski definition) is 3. The van der Waals surface area contributed by atoms with E-state index in [1.807, 2.05) is 54.3 Å². The first-order chi connectivity index (χ1) is 15.3. The van der Waals surface area contributed by atoms with Gasteiger partial charge in [0.2, 0.25) is 0 Å². The minimum Gasteiger partial charge on any atom is -0.457 e. The fourth-order valence-corrected chi connectivity index (χ4v) is 4.22. The molecule has 1 aliphatic heterocycles. The van der Waals surface area contributed by atoms with E-state index in [0.29, 0.717) is 19.7 Å². The van der Waals surface area contributed by atoms with Gasteiger partial charge < -0.3 is 14.4 Å². The van der Waals surface area contributed by atoms with Crippen molar-refractivity contribution in [2.45, 2.75) is 32.1 Å². The molecule has 0 spiro atoms. The molecular formula is C27H29NO3. The highest BCUT2D eigenvalue weighted by Crippen LogP contribution is 2.45. The quantitative estimate of drug-likeness (QED) is 0.427. The third-order valence-corrected chi connectivity index (χ3v) is 5.77. The fraction of sp³-hybridized carbons (Fsp3) is 0.296. The van der Waals surface area contributed by atoms with Crippen molar-refractivity contribution in [3.05, 3.63) is 95.6 Å². The lowest BCUT2D eigenvalue weighted by atomic mass is 9.84. The maximum atomic E-state index is 12.5. The van der Waals surface area contributed by atoms with Gasteiger partial charge >= 0.3 is 6.09 Å². The molecule has 0 aromatic heterocycles. The molecule has 1 amide bonds. The molecule has 4 rings (SSSR count). The normalized spacial score (nSPS) is 12.4. The van der Waals surface area contributed by atoms with E-state index < -0.39 is 0 Å². The number of hydrogen-bond donors (Lipinski definition) is 0. The molecule has 0 N–H and O–H groups in total. The summed E-state index contributed by atoms with van der Waals surface area (Å²) in [6.07, 6.45) is 2.42. The smallest absolute Gasteiger partial charge is 0.409 e. The van der Waals surface area contributed by atoms with Gasteiger partial charge in [-0.15, -0.1) is 0 Å². The summed E-state index contributed by atoms with van der Waals surface area (Å²) in [6.45, 7) is 3.57. The Hall–Kier alpha value is -3.27. The van der Waals surface area contributed by atoms with Gasteiger partial charge in [-0.05, 0) is 43.9 Å². The number of ether oxygens (including phenoxy) is 2. The van der Waals surface area contributed by atoms with Gasteiger partial charge in [0.15, 0.2) is 0 Å². The Balaban J connectivity index is 1.44. The number of nitrogens with zero attached hydrogens (tertiary/aromatic N) is 1. The predicted molar refractivity (Wildman–Crippen MR) is 123 cm³/mol. The third kappa shape index (κ3) is 5.08. The Morgan fingerprint density at radius 1 is 0.871 bits per heavy atom. The lowest BCUT2D eigenvalue weighted by Gasteiger charge is -2.29. The minimum absolute atomic E-state index is 0.230. The topological polar surface area (TPSA) is 38.8 Å². The molecule has 1 aliphatic rings. The summed E-state index contributed by atoms with van der Waals surface area (Å²) >= 11 is 0. The summed E-state index contributed by atoms with van der Waals surface area (Å²) < 4.78 is 11.4. The van der Waals surface area contributed by atoms with Crippen LogP contribution in [0.3, 0.4) is 0 Å². The van der Waals surface area contributed by atoms with Crippen molar-refractivity contribution in [1.82, 2.24) is 4.90 Å². The van der Waals surface area contributed by atoms with Crippen LogP contribution in [-0.2, 0) is 11.2 Å². The molecule has 4 heteroatoms. The van der Waals surface area contributed by atoms with E-state index in [4.69, 9.17) is 9.47 Å². The van der Waals surface area contributed by atoms with E-state index >= 15 is 0 Å². The second-order valence-electron chi connectivity index (χ2n) is 7.79. The number of carbonyl (C=O) groups excluding carboxylic acids is 1. The van der Waals surface area contributed by atoms with E-state index in [1.54, 1.807) is 0 Å². The molecule has 4 nitrogen and oxygen atoms in total. The predicted octanol–water partition coefficient (Wildman–Crippen LogP) is 6.41. The molecule has 160 valence electrons. The van der Waals surface area contributed by atoms with Crippen LogP contribution in [0.4, 0.5) is 4.79 Å². The van der Waals surface area contributed by atoms with Gasteiger partial charge in [0.05, 0.1) is 6.61 Å². The van der Waals surface area contributed by atoms with Crippen molar-refractivity contribution in [2.24, 2.45) is 0 Å². The summed E-state index contributed by atoms with van der Waals surface area (Å²) in [5, 5.41) is 0. The standard InChI is InChI=1S/C27H29NO3/c1-2-30-27(29)28(20-18-21-11-4-3-5-12-21)19-10-15-22-23-13-6-8-16-25(23)31-26-17-9-7-14-24(22)26/h3-9,11-14,16-17,22H,2,10,15,18-20H2,1H3. The van der Waals surface area contributed by atoms with Crippen LogP contribution in [0.25, 0.3) is 0 Å². The van der Waals surface area contributed by atoms with Crippen LogP contribution < -0.4 is 4.74 Å². The molecule has 0 saturated heterocycles. The van der Waals surface area contributed by atoms with Gasteiger partial charge in [0.1, 0.15) is 11.5 Å². The first-order valence-electron chi connectivity index (χ1n) is 11.1. The maximum Gasteiger partial charge on any atom is 0.409 e. The monoisotopic (exact) mass is 415 g/mol. The van der Waals surface area contributed by atoms with E-state index in [2.05, 4.69) is 36.4 Å². The lowest BCUT2D eigenvalue weighted by Crippen LogP contribution is -2.34. The second kappa shape index (κ2) is 10.2. The highest BCUT2D eigenvalue weighted by atomic mass is 16.6. The van der Waals surface area contributed by atoms with Crippen molar-refractivity contribution in [3.63, 3.8) is 0 Å². The van der Waals surface area contributed by atoms with E-state index in [0.717, 1.165) is 30.8 Å². The number of para-hydroxylation sites is 2. The van der Waals surface area contributed by atoms with Gasteiger partial charge in [0.25, 0.3) is 0 Å². The highest BCUT2D eigenvalue weighted by Gasteiger charge is 2.26. The Kier molecular flexibility index (Phi) is 6.88.